The number of esters is 1. The van der Waals surface area contributed by atoms with Crippen molar-refractivity contribution >= 4 is 11.9 Å². The van der Waals surface area contributed by atoms with Crippen molar-refractivity contribution in [2.24, 2.45) is 0 Å². The van der Waals surface area contributed by atoms with E-state index in [-0.39, 0.29) is 5.91 Å². The third-order valence-corrected chi connectivity index (χ3v) is 2.21. The number of hydrogen-bond acceptors (Lipinski definition) is 4. The summed E-state index contributed by atoms with van der Waals surface area (Å²) in [7, 11) is 0. The molecule has 1 heterocycles. The standard InChI is InChI=1S/C13H19NO4/c1-8(12(16)18-13(3,4)5)14-11(15)10-6-7-17-9(10)2/h6-8H,1-5H3,(H,14,15)/t8-/m0/s1. The zero-order valence-corrected chi connectivity index (χ0v) is 11.4. The first-order chi connectivity index (χ1) is 8.20. The lowest BCUT2D eigenvalue weighted by molar-refractivity contribution is -0.156. The normalized spacial score (nSPS) is 12.9. The van der Waals surface area contributed by atoms with Crippen molar-refractivity contribution < 1.29 is 18.7 Å². The molecule has 0 aliphatic rings. The Morgan fingerprint density at radius 2 is 2.00 bits per heavy atom. The molecule has 5 nitrogen and oxygen atoms in total. The van der Waals surface area contributed by atoms with Crippen LogP contribution in [0, 0.1) is 6.92 Å². The summed E-state index contributed by atoms with van der Waals surface area (Å²) in [4.78, 5) is 23.5. The molecule has 1 N–H and O–H groups in total. The van der Waals surface area contributed by atoms with E-state index < -0.39 is 17.6 Å². The van der Waals surface area contributed by atoms with Crippen LogP contribution < -0.4 is 5.32 Å². The summed E-state index contributed by atoms with van der Waals surface area (Å²) in [5.74, 6) is -0.291. The highest BCUT2D eigenvalue weighted by molar-refractivity contribution is 5.97. The van der Waals surface area contributed by atoms with E-state index in [1.54, 1.807) is 40.7 Å². The second kappa shape index (κ2) is 5.25. The highest BCUT2D eigenvalue weighted by atomic mass is 16.6. The van der Waals surface area contributed by atoms with Gasteiger partial charge in [-0.25, -0.2) is 4.79 Å². The van der Waals surface area contributed by atoms with E-state index in [1.165, 1.54) is 6.26 Å². The molecule has 0 radical (unpaired) electrons. The van der Waals surface area contributed by atoms with Crippen molar-refractivity contribution in [1.29, 1.82) is 0 Å². The van der Waals surface area contributed by atoms with Crippen LogP contribution in [0.15, 0.2) is 16.7 Å². The van der Waals surface area contributed by atoms with Crippen molar-refractivity contribution in [3.05, 3.63) is 23.7 Å². The van der Waals surface area contributed by atoms with Gasteiger partial charge in [-0.3, -0.25) is 4.79 Å². The van der Waals surface area contributed by atoms with Crippen LogP contribution in [0.2, 0.25) is 0 Å². The smallest absolute Gasteiger partial charge is 0.328 e. The molecular weight excluding hydrogens is 234 g/mol. The van der Waals surface area contributed by atoms with Crippen molar-refractivity contribution in [2.45, 2.75) is 46.3 Å². The van der Waals surface area contributed by atoms with Gasteiger partial charge in [0.1, 0.15) is 17.4 Å². The van der Waals surface area contributed by atoms with Gasteiger partial charge in [0, 0.05) is 0 Å². The summed E-state index contributed by atoms with van der Waals surface area (Å²) in [6.45, 7) is 8.60. The molecule has 1 aromatic rings. The lowest BCUT2D eigenvalue weighted by Gasteiger charge is -2.22. The number of amides is 1. The molecule has 100 valence electrons. The van der Waals surface area contributed by atoms with Crippen LogP contribution in [0.1, 0.15) is 43.8 Å². The Morgan fingerprint density at radius 1 is 1.39 bits per heavy atom. The zero-order chi connectivity index (χ0) is 13.9. The van der Waals surface area contributed by atoms with Gasteiger partial charge in [-0.05, 0) is 40.7 Å². The SMILES string of the molecule is Cc1occc1C(=O)N[C@@H](C)C(=O)OC(C)(C)C. The first kappa shape index (κ1) is 14.3. The molecule has 0 saturated heterocycles. The average molecular weight is 253 g/mol. The van der Waals surface area contributed by atoms with E-state index in [0.29, 0.717) is 11.3 Å². The van der Waals surface area contributed by atoms with Crippen LogP contribution >= 0.6 is 0 Å². The quantitative estimate of drug-likeness (QED) is 0.837. The molecule has 0 fully saturated rings. The summed E-state index contributed by atoms with van der Waals surface area (Å²) in [5, 5.41) is 2.57. The largest absolute Gasteiger partial charge is 0.469 e. The minimum Gasteiger partial charge on any atom is -0.469 e. The number of furan rings is 1. The Hall–Kier alpha value is -1.78. The van der Waals surface area contributed by atoms with Crippen LogP contribution in [0.3, 0.4) is 0 Å². The second-order valence-electron chi connectivity index (χ2n) is 5.12. The molecule has 0 saturated carbocycles. The van der Waals surface area contributed by atoms with Crippen molar-refractivity contribution in [1.82, 2.24) is 5.32 Å². The molecule has 1 rings (SSSR count). The highest BCUT2D eigenvalue weighted by Gasteiger charge is 2.24. The van der Waals surface area contributed by atoms with E-state index in [0.717, 1.165) is 0 Å². The summed E-state index contributed by atoms with van der Waals surface area (Å²) in [6, 6.07) is 0.859. The molecule has 18 heavy (non-hydrogen) atoms. The summed E-state index contributed by atoms with van der Waals surface area (Å²) in [6.07, 6.45) is 1.43. The van der Waals surface area contributed by atoms with E-state index in [2.05, 4.69) is 5.32 Å². The third kappa shape index (κ3) is 3.91. The van der Waals surface area contributed by atoms with Crippen molar-refractivity contribution in [3.8, 4) is 0 Å². The highest BCUT2D eigenvalue weighted by Crippen LogP contribution is 2.10. The van der Waals surface area contributed by atoms with Crippen LogP contribution in [0.5, 0.6) is 0 Å². The Kier molecular flexibility index (Phi) is 4.16. The Balaban J connectivity index is 2.60. The molecule has 5 heteroatoms. The van der Waals surface area contributed by atoms with E-state index in [1.807, 2.05) is 0 Å². The fourth-order valence-electron chi connectivity index (χ4n) is 1.34. The molecule has 1 aromatic heterocycles. The van der Waals surface area contributed by atoms with Crippen molar-refractivity contribution in [3.63, 3.8) is 0 Å². The summed E-state index contributed by atoms with van der Waals surface area (Å²) >= 11 is 0. The molecule has 0 spiro atoms. The number of carbonyl (C=O) groups is 2. The van der Waals surface area contributed by atoms with Gasteiger partial charge in [0.15, 0.2) is 0 Å². The predicted molar refractivity (Wildman–Crippen MR) is 66.2 cm³/mol. The first-order valence-electron chi connectivity index (χ1n) is 5.78. The zero-order valence-electron chi connectivity index (χ0n) is 11.4. The molecule has 1 amide bonds. The number of carbonyl (C=O) groups excluding carboxylic acids is 2. The molecule has 0 aliphatic heterocycles. The second-order valence-corrected chi connectivity index (χ2v) is 5.12. The molecule has 1 atom stereocenters. The van der Waals surface area contributed by atoms with Gasteiger partial charge in [0.25, 0.3) is 5.91 Å². The maximum Gasteiger partial charge on any atom is 0.328 e. The van der Waals surface area contributed by atoms with E-state index in [4.69, 9.17) is 9.15 Å². The van der Waals surface area contributed by atoms with Gasteiger partial charge < -0.3 is 14.5 Å². The van der Waals surface area contributed by atoms with E-state index in [9.17, 15) is 9.59 Å². The number of hydrogen-bond donors (Lipinski definition) is 1. The van der Waals surface area contributed by atoms with Gasteiger partial charge in [-0.15, -0.1) is 0 Å². The third-order valence-electron chi connectivity index (χ3n) is 2.21. The van der Waals surface area contributed by atoms with E-state index >= 15 is 0 Å². The minimum absolute atomic E-state index is 0.348. The van der Waals surface area contributed by atoms with Crippen LogP contribution in [0.4, 0.5) is 0 Å². The Bertz CT molecular complexity index is 442. The van der Waals surface area contributed by atoms with Crippen molar-refractivity contribution in [2.75, 3.05) is 0 Å². The average Bonchev–Trinajstić information content (AvgIpc) is 2.61. The van der Waals surface area contributed by atoms with Gasteiger partial charge >= 0.3 is 5.97 Å². The van der Waals surface area contributed by atoms with Gasteiger partial charge in [0.2, 0.25) is 0 Å². The van der Waals surface area contributed by atoms with Gasteiger partial charge in [-0.1, -0.05) is 0 Å². The fourth-order valence-corrected chi connectivity index (χ4v) is 1.34. The predicted octanol–water partition coefficient (Wildman–Crippen LogP) is 2.05. The summed E-state index contributed by atoms with van der Waals surface area (Å²) in [5.41, 5.74) is -0.146. The van der Waals surface area contributed by atoms with Crippen LogP contribution in [-0.2, 0) is 9.53 Å². The lowest BCUT2D eigenvalue weighted by atomic mass is 10.2. The van der Waals surface area contributed by atoms with Crippen LogP contribution in [-0.4, -0.2) is 23.5 Å². The minimum atomic E-state index is -0.703. The number of ether oxygens (including phenoxy) is 1. The molecular formula is C13H19NO4. The maximum absolute atomic E-state index is 11.8. The fraction of sp³-hybridized carbons (Fsp3) is 0.538. The number of rotatable bonds is 3. The summed E-state index contributed by atoms with van der Waals surface area (Å²) < 4.78 is 10.2. The van der Waals surface area contributed by atoms with Gasteiger partial charge in [-0.2, -0.15) is 0 Å². The Labute approximate surface area is 106 Å². The lowest BCUT2D eigenvalue weighted by Crippen LogP contribution is -2.42. The number of aryl methyl sites for hydroxylation is 1. The molecule has 0 unspecified atom stereocenters. The number of nitrogens with one attached hydrogen (secondary N) is 1. The van der Waals surface area contributed by atoms with Gasteiger partial charge in [0.05, 0.1) is 11.8 Å². The van der Waals surface area contributed by atoms with Crippen LogP contribution in [0.25, 0.3) is 0 Å². The molecule has 0 bridgehead atoms. The monoisotopic (exact) mass is 253 g/mol. The molecule has 0 aliphatic carbocycles. The molecule has 0 aromatic carbocycles. The first-order valence-corrected chi connectivity index (χ1v) is 5.78. The maximum atomic E-state index is 11.8. The Morgan fingerprint density at radius 3 is 2.44 bits per heavy atom. The topological polar surface area (TPSA) is 68.5 Å².